The van der Waals surface area contributed by atoms with Crippen LogP contribution in [0.5, 0.6) is 5.75 Å². The summed E-state index contributed by atoms with van der Waals surface area (Å²) < 4.78 is 55.4. The number of alkyl halides is 2. The van der Waals surface area contributed by atoms with Crippen LogP contribution in [0.15, 0.2) is 29.3 Å². The highest BCUT2D eigenvalue weighted by Gasteiger charge is 2.27. The van der Waals surface area contributed by atoms with Gasteiger partial charge < -0.3 is 20.3 Å². The number of nitrogens with one attached hydrogen (secondary N) is 3. The number of halogens is 2. The van der Waals surface area contributed by atoms with Crippen LogP contribution in [0.2, 0.25) is 0 Å². The summed E-state index contributed by atoms with van der Waals surface area (Å²) in [4.78, 5) is 6.16. The summed E-state index contributed by atoms with van der Waals surface area (Å²) in [6.45, 7) is 2.27. The van der Waals surface area contributed by atoms with Crippen molar-refractivity contribution in [1.29, 1.82) is 0 Å². The quantitative estimate of drug-likeness (QED) is 0.423. The van der Waals surface area contributed by atoms with Gasteiger partial charge in [0.05, 0.1) is 11.9 Å². The van der Waals surface area contributed by atoms with E-state index in [4.69, 9.17) is 0 Å². The number of aliphatic imine (C=N–C) groups is 1. The minimum atomic E-state index is -3.33. The number of sulfonamides is 1. The van der Waals surface area contributed by atoms with Crippen LogP contribution in [0.1, 0.15) is 20.3 Å². The first-order valence-electron chi connectivity index (χ1n) is 9.24. The smallest absolute Gasteiger partial charge is 0.387 e. The Labute approximate surface area is 170 Å². The highest BCUT2D eigenvalue weighted by molar-refractivity contribution is 7.88. The van der Waals surface area contributed by atoms with Gasteiger partial charge in [-0.2, -0.15) is 8.78 Å². The van der Waals surface area contributed by atoms with Crippen molar-refractivity contribution >= 4 is 21.7 Å². The van der Waals surface area contributed by atoms with Gasteiger partial charge in [-0.3, -0.25) is 4.99 Å². The molecule has 0 saturated carbocycles. The molecular weight excluding hydrogens is 404 g/mol. The summed E-state index contributed by atoms with van der Waals surface area (Å²) in [7, 11) is -1.70. The zero-order valence-electron chi connectivity index (χ0n) is 17.1. The van der Waals surface area contributed by atoms with Crippen LogP contribution in [0.25, 0.3) is 0 Å². The molecule has 0 bridgehead atoms. The monoisotopic (exact) mass is 433 g/mol. The summed E-state index contributed by atoms with van der Waals surface area (Å²) in [5, 5.41) is 6.41. The summed E-state index contributed by atoms with van der Waals surface area (Å²) in [6, 6.07) is 6.77. The van der Waals surface area contributed by atoms with E-state index in [0.29, 0.717) is 31.3 Å². The Balaban J connectivity index is 1.93. The maximum atomic E-state index is 12.6. The molecule has 1 saturated heterocycles. The molecule has 8 nitrogen and oxygen atoms in total. The van der Waals surface area contributed by atoms with E-state index in [1.165, 1.54) is 6.07 Å². The van der Waals surface area contributed by atoms with Crippen molar-refractivity contribution in [3.63, 3.8) is 0 Å². The van der Waals surface area contributed by atoms with Gasteiger partial charge in [0.1, 0.15) is 5.75 Å². The molecule has 1 unspecified atom stereocenters. The number of nitrogens with zero attached hydrogens (tertiary/aromatic N) is 2. The van der Waals surface area contributed by atoms with E-state index in [2.05, 4.69) is 25.1 Å². The molecule has 1 aromatic rings. The van der Waals surface area contributed by atoms with Crippen molar-refractivity contribution in [1.82, 2.24) is 15.4 Å². The second kappa shape index (κ2) is 9.57. The molecule has 0 aliphatic carbocycles. The summed E-state index contributed by atoms with van der Waals surface area (Å²) in [6.07, 6.45) is 1.90. The van der Waals surface area contributed by atoms with Crippen LogP contribution in [0.3, 0.4) is 0 Å². The third-order valence-corrected chi connectivity index (χ3v) is 5.26. The zero-order chi connectivity index (χ0) is 21.7. The molecule has 2 rings (SSSR count). The van der Waals surface area contributed by atoms with Gasteiger partial charge in [0.2, 0.25) is 10.0 Å². The van der Waals surface area contributed by atoms with Crippen molar-refractivity contribution in [2.45, 2.75) is 38.5 Å². The lowest BCUT2D eigenvalue weighted by molar-refractivity contribution is -0.0495. The number of benzene rings is 1. The van der Waals surface area contributed by atoms with E-state index in [1.54, 1.807) is 39.1 Å². The molecule has 1 aliphatic rings. The summed E-state index contributed by atoms with van der Waals surface area (Å²) in [5.74, 6) is 0.691. The molecule has 0 spiro atoms. The molecule has 0 amide bonds. The van der Waals surface area contributed by atoms with Crippen LogP contribution < -0.4 is 25.0 Å². The van der Waals surface area contributed by atoms with Gasteiger partial charge in [0.25, 0.3) is 0 Å². The standard InChI is InChI=1S/C18H29F2N5O3S/c1-18(2,24-29(4,26)27)12-22-17(21-3)23-13-9-10-25(11-13)14-7-5-6-8-15(14)28-16(19)20/h5-8,13,16,24H,9-12H2,1-4H3,(H2,21,22,23). The molecule has 29 heavy (non-hydrogen) atoms. The minimum Gasteiger partial charge on any atom is -0.433 e. The van der Waals surface area contributed by atoms with Crippen LogP contribution in [0.4, 0.5) is 14.5 Å². The van der Waals surface area contributed by atoms with Gasteiger partial charge >= 0.3 is 6.61 Å². The second-order valence-corrected chi connectivity index (χ2v) is 9.35. The molecule has 11 heteroatoms. The molecule has 1 aromatic carbocycles. The fourth-order valence-electron chi connectivity index (χ4n) is 3.24. The maximum Gasteiger partial charge on any atom is 0.387 e. The van der Waals surface area contributed by atoms with E-state index in [9.17, 15) is 17.2 Å². The average molecular weight is 434 g/mol. The van der Waals surface area contributed by atoms with Crippen molar-refractivity contribution in [3.05, 3.63) is 24.3 Å². The predicted octanol–water partition coefficient (Wildman–Crippen LogP) is 1.36. The van der Waals surface area contributed by atoms with Crippen LogP contribution in [-0.2, 0) is 10.0 Å². The first-order valence-corrected chi connectivity index (χ1v) is 11.1. The van der Waals surface area contributed by atoms with Crippen LogP contribution in [-0.4, -0.2) is 65.5 Å². The first-order chi connectivity index (χ1) is 13.5. The molecule has 1 fully saturated rings. The van der Waals surface area contributed by atoms with E-state index in [0.717, 1.165) is 12.7 Å². The molecule has 1 heterocycles. The molecule has 0 aromatic heterocycles. The van der Waals surface area contributed by atoms with E-state index in [1.807, 2.05) is 4.90 Å². The average Bonchev–Trinajstić information content (AvgIpc) is 3.05. The third kappa shape index (κ3) is 7.65. The molecule has 1 atom stereocenters. The molecule has 3 N–H and O–H groups in total. The molecular formula is C18H29F2N5O3S. The van der Waals surface area contributed by atoms with Crippen LogP contribution >= 0.6 is 0 Å². The Hall–Kier alpha value is -2.14. The number of hydrogen-bond donors (Lipinski definition) is 3. The molecule has 0 radical (unpaired) electrons. The number of para-hydroxylation sites is 2. The number of ether oxygens (including phenoxy) is 1. The van der Waals surface area contributed by atoms with Gasteiger partial charge in [-0.25, -0.2) is 13.1 Å². The van der Waals surface area contributed by atoms with Gasteiger partial charge in [-0.1, -0.05) is 12.1 Å². The van der Waals surface area contributed by atoms with Crippen molar-refractivity contribution in [2.75, 3.05) is 37.8 Å². The lowest BCUT2D eigenvalue weighted by Gasteiger charge is -2.27. The van der Waals surface area contributed by atoms with Crippen LogP contribution in [0, 0.1) is 0 Å². The van der Waals surface area contributed by atoms with E-state index in [-0.39, 0.29) is 11.8 Å². The lowest BCUT2D eigenvalue weighted by Crippen LogP contribution is -2.54. The fourth-order valence-corrected chi connectivity index (χ4v) is 4.32. The number of anilines is 1. The Morgan fingerprint density at radius 2 is 2.07 bits per heavy atom. The number of hydrogen-bond acceptors (Lipinski definition) is 5. The normalized spacial score (nSPS) is 18.2. The Kier molecular flexibility index (Phi) is 7.64. The number of guanidine groups is 1. The SMILES string of the molecule is CN=C(NCC(C)(C)NS(C)(=O)=O)NC1CCN(c2ccccc2OC(F)F)C1. The zero-order valence-corrected chi connectivity index (χ0v) is 17.9. The topological polar surface area (TPSA) is 95.1 Å². The lowest BCUT2D eigenvalue weighted by atomic mass is 10.1. The summed E-state index contributed by atoms with van der Waals surface area (Å²) >= 11 is 0. The predicted molar refractivity (Wildman–Crippen MR) is 110 cm³/mol. The fraction of sp³-hybridized carbons (Fsp3) is 0.611. The second-order valence-electron chi connectivity index (χ2n) is 7.61. The Morgan fingerprint density at radius 3 is 2.69 bits per heavy atom. The van der Waals surface area contributed by atoms with Crippen molar-refractivity contribution in [2.24, 2.45) is 4.99 Å². The van der Waals surface area contributed by atoms with E-state index >= 15 is 0 Å². The highest BCUT2D eigenvalue weighted by atomic mass is 32.2. The van der Waals surface area contributed by atoms with Gasteiger partial charge in [0.15, 0.2) is 5.96 Å². The summed E-state index contributed by atoms with van der Waals surface area (Å²) in [5.41, 5.74) is -0.0723. The largest absolute Gasteiger partial charge is 0.433 e. The Bertz CT molecular complexity index is 817. The van der Waals surface area contributed by atoms with Gasteiger partial charge in [-0.05, 0) is 32.4 Å². The maximum absolute atomic E-state index is 12.6. The number of rotatable bonds is 8. The van der Waals surface area contributed by atoms with Gasteiger partial charge in [-0.15, -0.1) is 0 Å². The Morgan fingerprint density at radius 1 is 1.38 bits per heavy atom. The van der Waals surface area contributed by atoms with E-state index < -0.39 is 22.2 Å². The molecule has 164 valence electrons. The molecule has 1 aliphatic heterocycles. The van der Waals surface area contributed by atoms with Gasteiger partial charge in [0, 0.05) is 38.3 Å². The third-order valence-electron chi connectivity index (χ3n) is 4.33. The highest BCUT2D eigenvalue weighted by Crippen LogP contribution is 2.31. The minimum absolute atomic E-state index is 0.0479. The first kappa shape index (κ1) is 23.1. The van der Waals surface area contributed by atoms with Crippen molar-refractivity contribution in [3.8, 4) is 5.75 Å². The van der Waals surface area contributed by atoms with Crippen molar-refractivity contribution < 1.29 is 21.9 Å².